The van der Waals surface area contributed by atoms with Gasteiger partial charge in [-0.25, -0.2) is 65.9 Å². The largest absolute Gasteiger partial charge is 0.258 e. The van der Waals surface area contributed by atoms with Crippen LogP contribution in [0.4, 0.5) is 65.9 Å². The summed E-state index contributed by atoms with van der Waals surface area (Å²) in [5.41, 5.74) is -9.35. The van der Waals surface area contributed by atoms with Crippen molar-refractivity contribution in [1.29, 1.82) is 0 Å². The number of fused-ring (bicyclic) bond motifs is 1. The fraction of sp³-hybridized carbons (Fsp3) is 0. The van der Waals surface area contributed by atoms with Crippen molar-refractivity contribution in [3.8, 4) is 54.9 Å². The van der Waals surface area contributed by atoms with Crippen LogP contribution in [-0.2, 0) is 0 Å². The zero-order valence-electron chi connectivity index (χ0n) is 33.2. The minimum absolute atomic E-state index is 0.0469. The Morgan fingerprint density at radius 2 is 0.552 bits per heavy atom. The molecular formula is C50H20BF15S. The van der Waals surface area contributed by atoms with Crippen molar-refractivity contribution in [2.24, 2.45) is 0 Å². The Balaban J connectivity index is 1.71. The van der Waals surface area contributed by atoms with Crippen molar-refractivity contribution in [2.75, 3.05) is 0 Å². The molecule has 0 atom stereocenters. The van der Waals surface area contributed by atoms with E-state index in [1.807, 2.05) is 0 Å². The molecule has 0 aliphatic carbocycles. The minimum Gasteiger partial charge on any atom is -0.204 e. The van der Waals surface area contributed by atoms with Crippen LogP contribution >= 0.6 is 11.3 Å². The average Bonchev–Trinajstić information content (AvgIpc) is 3.74. The lowest BCUT2D eigenvalue weighted by Crippen LogP contribution is -2.59. The third-order valence-corrected chi connectivity index (χ3v) is 12.5. The van der Waals surface area contributed by atoms with Gasteiger partial charge in [-0.3, -0.25) is 0 Å². The van der Waals surface area contributed by atoms with Gasteiger partial charge in [0.2, 0.25) is 5.82 Å². The fourth-order valence-electron chi connectivity index (χ4n) is 8.37. The molecule has 0 spiro atoms. The predicted octanol–water partition coefficient (Wildman–Crippen LogP) is 13.8. The Morgan fingerprint density at radius 3 is 0.925 bits per heavy atom. The molecule has 9 aromatic rings. The SMILES string of the molecule is Fc1c(F)c(F)c(B(c2c(F)c(F)c(F)c(F)c2F)c2c(-c3ccccc3)c(-c3ccccc3)c3sc(-c4ccccc4)c(-c4c(F)c(F)c(F)c(F)c4F)c3c2-c2ccccc2)c(F)c1F. The van der Waals surface area contributed by atoms with Gasteiger partial charge in [-0.15, -0.1) is 11.3 Å². The molecule has 0 unspecified atom stereocenters. The number of hydrogen-bond donors (Lipinski definition) is 0. The lowest BCUT2D eigenvalue weighted by atomic mass is 9.34. The highest BCUT2D eigenvalue weighted by atomic mass is 32.1. The van der Waals surface area contributed by atoms with E-state index in [2.05, 4.69) is 0 Å². The smallest absolute Gasteiger partial charge is 0.204 e. The minimum atomic E-state index is -3.31. The fourth-order valence-corrected chi connectivity index (χ4v) is 9.76. The molecule has 67 heavy (non-hydrogen) atoms. The predicted molar refractivity (Wildman–Crippen MR) is 226 cm³/mol. The van der Waals surface area contributed by atoms with Gasteiger partial charge in [0.05, 0.1) is 5.56 Å². The van der Waals surface area contributed by atoms with Crippen molar-refractivity contribution in [3.63, 3.8) is 0 Å². The highest BCUT2D eigenvalue weighted by molar-refractivity contribution is 7.24. The summed E-state index contributed by atoms with van der Waals surface area (Å²) in [7, 11) is 0. The first-order valence-corrected chi connectivity index (χ1v) is 20.3. The lowest BCUT2D eigenvalue weighted by Gasteiger charge is -2.28. The Bertz CT molecular complexity index is 3300. The van der Waals surface area contributed by atoms with Crippen LogP contribution < -0.4 is 16.4 Å². The average molecular weight is 949 g/mol. The molecule has 8 aromatic carbocycles. The van der Waals surface area contributed by atoms with E-state index in [-0.39, 0.29) is 37.4 Å². The van der Waals surface area contributed by atoms with Crippen molar-refractivity contribution >= 4 is 44.5 Å². The van der Waals surface area contributed by atoms with Crippen LogP contribution in [0, 0.1) is 87.3 Å². The summed E-state index contributed by atoms with van der Waals surface area (Å²) in [5.74, 6) is -39.8. The van der Waals surface area contributed by atoms with Gasteiger partial charge in [0.15, 0.2) is 81.4 Å². The van der Waals surface area contributed by atoms with Crippen molar-refractivity contribution < 1.29 is 65.9 Å². The molecule has 1 heterocycles. The second-order valence-electron chi connectivity index (χ2n) is 14.9. The third kappa shape index (κ3) is 6.97. The number of benzene rings is 8. The molecule has 1 aromatic heterocycles. The molecule has 0 bridgehead atoms. The molecule has 0 saturated heterocycles. The molecule has 0 fully saturated rings. The maximum Gasteiger partial charge on any atom is 0.258 e. The van der Waals surface area contributed by atoms with E-state index >= 15 is 52.7 Å². The number of hydrogen-bond acceptors (Lipinski definition) is 1. The molecule has 0 nitrogen and oxygen atoms in total. The standard InChI is InChI=1S/C50H20BF15S/c52-34-30(35(53)41(59)46(64)40(34)58)29-28-26(22-15-7-2-8-16-22)31(51(32-36(54)42(60)47(65)43(61)37(32)55)33-38(56)44(62)48(66)45(63)39(33)57)25(21-13-5-1-6-14-21)27(23-17-9-3-10-18-23)50(28)67-49(29)24-19-11-4-12-20-24/h1-20H. The third-order valence-electron chi connectivity index (χ3n) is 11.2. The van der Waals surface area contributed by atoms with Crippen LogP contribution in [-0.4, -0.2) is 6.71 Å². The first-order valence-electron chi connectivity index (χ1n) is 19.5. The van der Waals surface area contributed by atoms with Crippen LogP contribution in [0.15, 0.2) is 121 Å². The van der Waals surface area contributed by atoms with Gasteiger partial charge in [0, 0.05) is 37.0 Å². The summed E-state index contributed by atoms with van der Waals surface area (Å²) in [5, 5.41) is -0.607. The molecular weight excluding hydrogens is 928 g/mol. The summed E-state index contributed by atoms with van der Waals surface area (Å²) in [6.07, 6.45) is 0. The Kier molecular flexibility index (Phi) is 11.5. The van der Waals surface area contributed by atoms with Gasteiger partial charge >= 0.3 is 0 Å². The maximum absolute atomic E-state index is 16.7. The van der Waals surface area contributed by atoms with Crippen LogP contribution in [0.2, 0.25) is 0 Å². The molecule has 0 radical (unpaired) electrons. The first kappa shape index (κ1) is 44.9. The van der Waals surface area contributed by atoms with E-state index in [1.165, 1.54) is 121 Å². The maximum atomic E-state index is 16.7. The molecule has 0 N–H and O–H groups in total. The van der Waals surface area contributed by atoms with E-state index in [1.54, 1.807) is 0 Å². The van der Waals surface area contributed by atoms with Crippen LogP contribution in [0.1, 0.15) is 0 Å². The molecule has 334 valence electrons. The summed E-state index contributed by atoms with van der Waals surface area (Å²) < 4.78 is 238. The zero-order valence-corrected chi connectivity index (χ0v) is 34.0. The number of halogens is 15. The monoisotopic (exact) mass is 948 g/mol. The quantitative estimate of drug-likeness (QED) is 0.0616. The van der Waals surface area contributed by atoms with Crippen molar-refractivity contribution in [3.05, 3.63) is 209 Å². The van der Waals surface area contributed by atoms with Gasteiger partial charge < -0.3 is 0 Å². The summed E-state index contributed by atoms with van der Waals surface area (Å²) in [6, 6.07) is 27.7. The van der Waals surface area contributed by atoms with Gasteiger partial charge in [0.1, 0.15) is 0 Å². The van der Waals surface area contributed by atoms with Crippen LogP contribution in [0.3, 0.4) is 0 Å². The van der Waals surface area contributed by atoms with E-state index in [0.29, 0.717) is 11.3 Å². The molecule has 17 heteroatoms. The molecule has 0 aliphatic heterocycles. The van der Waals surface area contributed by atoms with E-state index < -0.39 is 138 Å². The van der Waals surface area contributed by atoms with E-state index in [4.69, 9.17) is 0 Å². The van der Waals surface area contributed by atoms with Gasteiger partial charge in [-0.05, 0) is 33.4 Å². The van der Waals surface area contributed by atoms with Crippen LogP contribution in [0.25, 0.3) is 65.0 Å². The normalized spacial score (nSPS) is 11.5. The number of thiophene rings is 1. The molecule has 9 rings (SSSR count). The highest BCUT2D eigenvalue weighted by Gasteiger charge is 2.45. The van der Waals surface area contributed by atoms with Crippen LogP contribution in [0.5, 0.6) is 0 Å². The molecule has 0 aliphatic rings. The van der Waals surface area contributed by atoms with E-state index in [0.717, 1.165) is 0 Å². The van der Waals surface area contributed by atoms with Crippen molar-refractivity contribution in [2.45, 2.75) is 0 Å². The highest BCUT2D eigenvalue weighted by Crippen LogP contribution is 2.54. The topological polar surface area (TPSA) is 0 Å². The van der Waals surface area contributed by atoms with Gasteiger partial charge in [-0.1, -0.05) is 127 Å². The van der Waals surface area contributed by atoms with Gasteiger partial charge in [0.25, 0.3) is 6.71 Å². The van der Waals surface area contributed by atoms with Gasteiger partial charge in [-0.2, -0.15) is 0 Å². The summed E-state index contributed by atoms with van der Waals surface area (Å²) >= 11 is 0.675. The van der Waals surface area contributed by atoms with E-state index in [9.17, 15) is 13.2 Å². The Labute approximate surface area is 372 Å². The Hall–Kier alpha value is -7.27. The zero-order chi connectivity index (χ0) is 47.7. The summed E-state index contributed by atoms with van der Waals surface area (Å²) in [4.78, 5) is -0.256. The Morgan fingerprint density at radius 1 is 0.254 bits per heavy atom. The summed E-state index contributed by atoms with van der Waals surface area (Å²) in [6.45, 7) is -3.31. The molecule has 0 saturated carbocycles. The molecule has 0 amide bonds. The first-order chi connectivity index (χ1) is 32.1. The lowest BCUT2D eigenvalue weighted by molar-refractivity contribution is 0.381. The van der Waals surface area contributed by atoms with Crippen molar-refractivity contribution in [1.82, 2.24) is 0 Å². The second kappa shape index (κ2) is 17.2. The number of rotatable bonds is 8. The second-order valence-corrected chi connectivity index (χ2v) is 15.9.